The van der Waals surface area contributed by atoms with E-state index in [4.69, 9.17) is 0 Å². The van der Waals surface area contributed by atoms with E-state index in [0.29, 0.717) is 0 Å². The number of aromatic nitrogens is 3. The van der Waals surface area contributed by atoms with E-state index in [1.54, 1.807) is 23.1 Å². The monoisotopic (exact) mass is 301 g/mol. The average Bonchev–Trinajstić information content (AvgIpc) is 2.82. The highest BCUT2D eigenvalue weighted by Gasteiger charge is 2.15. The molecule has 3 rings (SSSR count). The van der Waals surface area contributed by atoms with Crippen LogP contribution in [0.1, 0.15) is 17.5 Å². The van der Waals surface area contributed by atoms with E-state index < -0.39 is 0 Å². The largest absolute Gasteiger partial charge is 0.238 e. The number of nitrogens with zero attached hydrogens (tertiary/aromatic N) is 3. The number of thioether (sulfide) groups is 1. The second-order valence-corrected chi connectivity index (χ2v) is 7.02. The van der Waals surface area contributed by atoms with Gasteiger partial charge in [-0.25, -0.2) is 4.98 Å². The summed E-state index contributed by atoms with van der Waals surface area (Å²) >= 11 is 3.39. The highest BCUT2D eigenvalue weighted by Crippen LogP contribution is 2.35. The van der Waals surface area contributed by atoms with Crippen LogP contribution in [0, 0.1) is 13.8 Å². The van der Waals surface area contributed by atoms with Crippen molar-refractivity contribution in [1.29, 1.82) is 0 Å². The van der Waals surface area contributed by atoms with Gasteiger partial charge in [0.1, 0.15) is 16.2 Å². The molecule has 0 radical (unpaired) electrons. The molecule has 2 heterocycles. The molecule has 5 heteroatoms. The van der Waals surface area contributed by atoms with E-state index in [9.17, 15) is 0 Å². The van der Waals surface area contributed by atoms with Crippen molar-refractivity contribution in [2.45, 2.75) is 25.8 Å². The van der Waals surface area contributed by atoms with Gasteiger partial charge in [0.2, 0.25) is 0 Å². The summed E-state index contributed by atoms with van der Waals surface area (Å²) in [5.74, 6) is 0.976. The second kappa shape index (κ2) is 5.50. The average molecular weight is 301 g/mol. The van der Waals surface area contributed by atoms with E-state index in [-0.39, 0.29) is 0 Å². The molecule has 0 unspecified atom stereocenters. The molecule has 20 heavy (non-hydrogen) atoms. The smallest absolute Gasteiger partial charge is 0.146 e. The number of fused-ring (bicyclic) bond motifs is 1. The maximum absolute atomic E-state index is 4.63. The first-order valence-electron chi connectivity index (χ1n) is 6.52. The Kier molecular flexibility index (Phi) is 3.72. The molecular weight excluding hydrogens is 286 g/mol. The number of hydrogen-bond acceptors (Lipinski definition) is 5. The summed E-state index contributed by atoms with van der Waals surface area (Å²) < 4.78 is 1.14. The maximum atomic E-state index is 4.63. The zero-order valence-corrected chi connectivity index (χ0v) is 13.3. The van der Waals surface area contributed by atoms with Gasteiger partial charge in [-0.2, -0.15) is 0 Å². The molecule has 3 aromatic rings. The lowest BCUT2D eigenvalue weighted by Gasteiger charge is -2.04. The fourth-order valence-corrected chi connectivity index (χ4v) is 3.70. The molecule has 0 bridgehead atoms. The van der Waals surface area contributed by atoms with E-state index >= 15 is 0 Å². The van der Waals surface area contributed by atoms with Crippen molar-refractivity contribution in [3.05, 3.63) is 34.8 Å². The third-order valence-electron chi connectivity index (χ3n) is 3.00. The van der Waals surface area contributed by atoms with Crippen molar-refractivity contribution >= 4 is 33.3 Å². The fraction of sp³-hybridized carbons (Fsp3) is 0.267. The predicted molar refractivity (Wildman–Crippen MR) is 86.5 cm³/mol. The third kappa shape index (κ3) is 2.43. The molecule has 0 saturated carbocycles. The fourth-order valence-electron chi connectivity index (χ4n) is 2.05. The Bertz CT molecular complexity index is 748. The summed E-state index contributed by atoms with van der Waals surface area (Å²) in [6.45, 7) is 6.23. The molecule has 0 N–H and O–H groups in total. The highest BCUT2D eigenvalue weighted by molar-refractivity contribution is 7.99. The Morgan fingerprint density at radius 2 is 1.85 bits per heavy atom. The lowest BCUT2D eigenvalue weighted by atomic mass is 10.1. The molecule has 0 aliphatic heterocycles. The molecule has 102 valence electrons. The molecule has 2 aromatic heterocycles. The van der Waals surface area contributed by atoms with Crippen LogP contribution in [-0.2, 0) is 0 Å². The Morgan fingerprint density at radius 1 is 1.10 bits per heavy atom. The van der Waals surface area contributed by atoms with E-state index in [1.165, 1.54) is 5.56 Å². The molecule has 0 aliphatic carbocycles. The van der Waals surface area contributed by atoms with Gasteiger partial charge < -0.3 is 0 Å². The van der Waals surface area contributed by atoms with Crippen LogP contribution >= 0.6 is 23.1 Å². The minimum Gasteiger partial charge on any atom is -0.238 e. The lowest BCUT2D eigenvalue weighted by molar-refractivity contribution is 0.956. The van der Waals surface area contributed by atoms with Crippen molar-refractivity contribution in [3.8, 4) is 11.3 Å². The van der Waals surface area contributed by atoms with Gasteiger partial charge in [0, 0.05) is 5.56 Å². The first kappa shape index (κ1) is 13.5. The number of hydrogen-bond donors (Lipinski definition) is 0. The summed E-state index contributed by atoms with van der Waals surface area (Å²) in [6, 6.07) is 8.40. The molecule has 0 fully saturated rings. The topological polar surface area (TPSA) is 38.7 Å². The van der Waals surface area contributed by atoms with Crippen LogP contribution in [0.15, 0.2) is 29.3 Å². The summed E-state index contributed by atoms with van der Waals surface area (Å²) in [5, 5.41) is 10.8. The van der Waals surface area contributed by atoms with Crippen LogP contribution < -0.4 is 0 Å². The summed E-state index contributed by atoms with van der Waals surface area (Å²) in [6.07, 6.45) is 0. The Morgan fingerprint density at radius 3 is 2.55 bits per heavy atom. The minimum atomic E-state index is 0.933. The van der Waals surface area contributed by atoms with Crippen molar-refractivity contribution in [3.63, 3.8) is 0 Å². The van der Waals surface area contributed by atoms with Gasteiger partial charge in [-0.1, -0.05) is 36.8 Å². The first-order valence-corrected chi connectivity index (χ1v) is 8.33. The van der Waals surface area contributed by atoms with Gasteiger partial charge in [0.15, 0.2) is 0 Å². The third-order valence-corrected chi connectivity index (χ3v) is 4.81. The lowest BCUT2D eigenvalue weighted by Crippen LogP contribution is -1.92. The number of benzene rings is 1. The molecule has 3 nitrogen and oxygen atoms in total. The number of aryl methyl sites for hydroxylation is 2. The van der Waals surface area contributed by atoms with Crippen LogP contribution in [0.4, 0.5) is 0 Å². The molecule has 0 spiro atoms. The van der Waals surface area contributed by atoms with Crippen molar-refractivity contribution in [1.82, 2.24) is 15.2 Å². The molecular formula is C15H15N3S2. The van der Waals surface area contributed by atoms with E-state index in [0.717, 1.165) is 37.3 Å². The second-order valence-electron chi connectivity index (χ2n) is 4.56. The van der Waals surface area contributed by atoms with Gasteiger partial charge in [0.25, 0.3) is 0 Å². The molecule has 0 amide bonds. The molecule has 1 aromatic carbocycles. The van der Waals surface area contributed by atoms with Crippen LogP contribution in [0.3, 0.4) is 0 Å². The Hall–Kier alpha value is -1.46. The van der Waals surface area contributed by atoms with Gasteiger partial charge in [-0.15, -0.1) is 33.3 Å². The van der Waals surface area contributed by atoms with Crippen LogP contribution in [0.2, 0.25) is 0 Å². The van der Waals surface area contributed by atoms with Crippen LogP contribution in [-0.4, -0.2) is 20.9 Å². The standard InChI is InChI=1S/C15H15N3S2/c1-4-19-15-13-14(20-10(3)16-13)12(17-18-15)11-7-5-9(2)6-8-11/h5-8H,4H2,1-3H3. The maximum Gasteiger partial charge on any atom is 0.146 e. The normalized spacial score (nSPS) is 11.2. The summed E-state index contributed by atoms with van der Waals surface area (Å²) in [7, 11) is 0. The zero-order chi connectivity index (χ0) is 14.1. The zero-order valence-electron chi connectivity index (χ0n) is 11.7. The van der Waals surface area contributed by atoms with Gasteiger partial charge in [-0.3, -0.25) is 0 Å². The Balaban J connectivity index is 2.21. The van der Waals surface area contributed by atoms with Crippen LogP contribution in [0.5, 0.6) is 0 Å². The van der Waals surface area contributed by atoms with Crippen LogP contribution in [0.25, 0.3) is 21.5 Å². The first-order chi connectivity index (χ1) is 9.69. The van der Waals surface area contributed by atoms with Gasteiger partial charge in [-0.05, 0) is 19.6 Å². The highest BCUT2D eigenvalue weighted by atomic mass is 32.2. The van der Waals surface area contributed by atoms with Crippen molar-refractivity contribution in [2.24, 2.45) is 0 Å². The number of rotatable bonds is 3. The van der Waals surface area contributed by atoms with Crippen molar-refractivity contribution in [2.75, 3.05) is 5.75 Å². The predicted octanol–water partition coefficient (Wildman–Crippen LogP) is 4.48. The molecule has 0 aliphatic rings. The Labute approximate surface area is 126 Å². The van der Waals surface area contributed by atoms with Crippen molar-refractivity contribution < 1.29 is 0 Å². The molecule has 0 atom stereocenters. The van der Waals surface area contributed by atoms with E-state index in [1.807, 2.05) is 6.92 Å². The minimum absolute atomic E-state index is 0.933. The SMILES string of the molecule is CCSc1nnc(-c2ccc(C)cc2)c2sc(C)nc12. The quantitative estimate of drug-likeness (QED) is 0.668. The van der Waals surface area contributed by atoms with Gasteiger partial charge >= 0.3 is 0 Å². The summed E-state index contributed by atoms with van der Waals surface area (Å²) in [4.78, 5) is 4.63. The summed E-state index contributed by atoms with van der Waals surface area (Å²) in [5.41, 5.74) is 4.28. The van der Waals surface area contributed by atoms with Gasteiger partial charge in [0.05, 0.1) is 9.71 Å². The molecule has 0 saturated heterocycles. The van der Waals surface area contributed by atoms with E-state index in [2.05, 4.69) is 53.3 Å². The number of thiazole rings is 1.